The number of nitrogens with zero attached hydrogens (tertiary/aromatic N) is 7. The molecule has 2 N–H and O–H groups in total. The molecule has 7 heterocycles. The molecule has 9 nitrogen and oxygen atoms in total. The summed E-state index contributed by atoms with van der Waals surface area (Å²) in [6, 6.07) is 13.6. The molecule has 0 amide bonds. The highest BCUT2D eigenvalue weighted by Gasteiger charge is 2.44. The molecule has 0 aromatic carbocycles. The van der Waals surface area contributed by atoms with Crippen LogP contribution in [0.2, 0.25) is 0 Å². The number of fused-ring (bicyclic) bond motifs is 3. The number of nitriles is 1. The third-order valence-electron chi connectivity index (χ3n) is 9.15. The van der Waals surface area contributed by atoms with Crippen molar-refractivity contribution in [2.75, 3.05) is 24.6 Å². The van der Waals surface area contributed by atoms with Crippen molar-refractivity contribution in [2.24, 2.45) is 5.73 Å². The Balaban J connectivity index is 1.04. The standard InChI is InChI=1S/C38H46N8O/c1-4-5-6-7-8-9-10-17-47-36-14-11-29(21-42-36)24-45-32-19-33(45)27-44(26-32)35-13-12-30(22-41-35)34-18-28(15-16-38(2,3)40)25-46-37(34)31(20-39)23-43-46/h11-14,18,21-23,25,32-33H,4-10,17,19,24,26-27,40H2,1-3H3. The van der Waals surface area contributed by atoms with Gasteiger partial charge in [-0.1, -0.05) is 63.4 Å². The first-order chi connectivity index (χ1) is 22.8. The van der Waals surface area contributed by atoms with Crippen LogP contribution in [0.5, 0.6) is 5.88 Å². The maximum atomic E-state index is 9.74. The maximum Gasteiger partial charge on any atom is 0.213 e. The average molecular weight is 631 g/mol. The van der Waals surface area contributed by atoms with E-state index in [1.165, 1.54) is 50.5 Å². The van der Waals surface area contributed by atoms with E-state index in [1.807, 2.05) is 44.6 Å². The van der Waals surface area contributed by atoms with Gasteiger partial charge in [-0.15, -0.1) is 0 Å². The Morgan fingerprint density at radius 3 is 2.45 bits per heavy atom. The Morgan fingerprint density at radius 1 is 0.979 bits per heavy atom. The van der Waals surface area contributed by atoms with E-state index in [2.05, 4.69) is 62.9 Å². The van der Waals surface area contributed by atoms with Crippen LogP contribution >= 0.6 is 0 Å². The number of unbranched alkanes of at least 4 members (excludes halogenated alkanes) is 6. The lowest BCUT2D eigenvalue weighted by Crippen LogP contribution is -2.68. The van der Waals surface area contributed by atoms with Crippen molar-refractivity contribution in [2.45, 2.75) is 96.3 Å². The number of ether oxygens (including phenoxy) is 1. The summed E-state index contributed by atoms with van der Waals surface area (Å²) in [5, 5.41) is 14.1. The van der Waals surface area contributed by atoms with Crippen LogP contribution in [-0.4, -0.2) is 61.8 Å². The van der Waals surface area contributed by atoms with Gasteiger partial charge in [0.25, 0.3) is 0 Å². The second kappa shape index (κ2) is 14.5. The molecule has 3 aliphatic rings. The number of anilines is 1. The number of rotatable bonds is 13. The molecule has 47 heavy (non-hydrogen) atoms. The van der Waals surface area contributed by atoms with Gasteiger partial charge in [-0.2, -0.15) is 10.4 Å². The van der Waals surface area contributed by atoms with E-state index in [9.17, 15) is 5.26 Å². The molecule has 4 aromatic heterocycles. The summed E-state index contributed by atoms with van der Waals surface area (Å²) in [5.74, 6) is 7.95. The molecule has 3 aliphatic heterocycles. The first-order valence-electron chi connectivity index (χ1n) is 17.1. The van der Waals surface area contributed by atoms with Gasteiger partial charge in [0.1, 0.15) is 11.9 Å². The zero-order valence-electron chi connectivity index (χ0n) is 28.0. The molecule has 2 atom stereocenters. The van der Waals surface area contributed by atoms with Gasteiger partial charge in [-0.3, -0.25) is 4.90 Å². The molecule has 4 aromatic rings. The van der Waals surface area contributed by atoms with Crippen molar-refractivity contribution in [1.82, 2.24) is 24.5 Å². The topological polar surface area (TPSA) is 109 Å². The van der Waals surface area contributed by atoms with E-state index in [0.29, 0.717) is 17.6 Å². The second-order valence-corrected chi connectivity index (χ2v) is 13.6. The summed E-state index contributed by atoms with van der Waals surface area (Å²) in [6.45, 7) is 9.54. The number of piperazine rings is 1. The fraction of sp³-hybridized carbons (Fsp3) is 0.474. The minimum Gasteiger partial charge on any atom is -0.478 e. The molecule has 9 heteroatoms. The van der Waals surface area contributed by atoms with Crippen molar-refractivity contribution in [3.05, 3.63) is 71.8 Å². The molecule has 3 saturated heterocycles. The third kappa shape index (κ3) is 7.93. The fourth-order valence-electron chi connectivity index (χ4n) is 6.63. The maximum absolute atomic E-state index is 9.74. The van der Waals surface area contributed by atoms with Crippen LogP contribution in [-0.2, 0) is 6.54 Å². The van der Waals surface area contributed by atoms with Gasteiger partial charge in [-0.05, 0) is 50.5 Å². The van der Waals surface area contributed by atoms with E-state index in [0.717, 1.165) is 66.6 Å². The van der Waals surface area contributed by atoms with E-state index < -0.39 is 5.54 Å². The van der Waals surface area contributed by atoms with Crippen LogP contribution in [0.4, 0.5) is 5.82 Å². The van der Waals surface area contributed by atoms with Gasteiger partial charge in [0.15, 0.2) is 0 Å². The Kier molecular flexibility index (Phi) is 10.1. The van der Waals surface area contributed by atoms with Crippen LogP contribution in [0.3, 0.4) is 0 Å². The molecule has 2 bridgehead atoms. The summed E-state index contributed by atoms with van der Waals surface area (Å²) in [6.07, 6.45) is 17.4. The highest BCUT2D eigenvalue weighted by molar-refractivity contribution is 5.85. The number of pyridine rings is 3. The average Bonchev–Trinajstić information content (AvgIpc) is 3.50. The van der Waals surface area contributed by atoms with E-state index in [-0.39, 0.29) is 0 Å². The molecular weight excluding hydrogens is 584 g/mol. The predicted molar refractivity (Wildman–Crippen MR) is 186 cm³/mol. The Hall–Kier alpha value is -4.44. The highest BCUT2D eigenvalue weighted by Crippen LogP contribution is 2.36. The molecule has 7 rings (SSSR count). The summed E-state index contributed by atoms with van der Waals surface area (Å²) in [4.78, 5) is 14.4. The van der Waals surface area contributed by atoms with Crippen molar-refractivity contribution >= 4 is 11.3 Å². The first kappa shape index (κ1) is 32.5. The third-order valence-corrected chi connectivity index (χ3v) is 9.15. The van der Waals surface area contributed by atoms with Crippen LogP contribution in [0, 0.1) is 23.2 Å². The van der Waals surface area contributed by atoms with Gasteiger partial charge in [0.2, 0.25) is 5.88 Å². The Bertz CT molecular complexity index is 1740. The highest BCUT2D eigenvalue weighted by atomic mass is 16.5. The molecule has 0 radical (unpaired) electrons. The van der Waals surface area contributed by atoms with Gasteiger partial charge in [-0.25, -0.2) is 14.5 Å². The van der Waals surface area contributed by atoms with Gasteiger partial charge in [0.05, 0.1) is 29.4 Å². The van der Waals surface area contributed by atoms with Crippen LogP contribution in [0.15, 0.2) is 55.1 Å². The first-order valence-corrected chi connectivity index (χ1v) is 17.1. The monoisotopic (exact) mass is 630 g/mol. The minimum absolute atomic E-state index is 0.495. The number of piperidine rings is 1. The number of aromatic nitrogens is 4. The van der Waals surface area contributed by atoms with Gasteiger partial charge < -0.3 is 15.4 Å². The van der Waals surface area contributed by atoms with Crippen molar-refractivity contribution in [1.29, 1.82) is 5.26 Å². The zero-order chi connectivity index (χ0) is 32.8. The predicted octanol–water partition coefficient (Wildman–Crippen LogP) is 6.34. The van der Waals surface area contributed by atoms with E-state index in [1.54, 1.807) is 10.7 Å². The van der Waals surface area contributed by atoms with Crippen LogP contribution in [0.25, 0.3) is 16.6 Å². The molecule has 2 unspecified atom stereocenters. The SMILES string of the molecule is CCCCCCCCCOc1ccc(CN2C3CC2CN(c2ccc(-c4cc(C#CC(C)(C)N)cn5ncc(C#N)c45)cn2)C3)cn1. The van der Waals surface area contributed by atoms with Crippen LogP contribution < -0.4 is 15.4 Å². The normalized spacial score (nSPS) is 17.6. The Morgan fingerprint density at radius 2 is 1.77 bits per heavy atom. The lowest BCUT2D eigenvalue weighted by molar-refractivity contribution is -0.00877. The van der Waals surface area contributed by atoms with Gasteiger partial charge >= 0.3 is 0 Å². The van der Waals surface area contributed by atoms with Gasteiger partial charge in [0, 0.05) is 73.1 Å². The molecule has 244 valence electrons. The zero-order valence-corrected chi connectivity index (χ0v) is 28.0. The molecule has 0 saturated carbocycles. The van der Waals surface area contributed by atoms with Crippen molar-refractivity contribution in [3.63, 3.8) is 0 Å². The number of hydrogen-bond donors (Lipinski definition) is 1. The fourth-order valence-corrected chi connectivity index (χ4v) is 6.63. The summed E-state index contributed by atoms with van der Waals surface area (Å²) in [7, 11) is 0. The molecular formula is C38H46N8O. The molecule has 0 spiro atoms. The quantitative estimate of drug-likeness (QED) is 0.135. The smallest absolute Gasteiger partial charge is 0.213 e. The van der Waals surface area contributed by atoms with Crippen molar-refractivity contribution < 1.29 is 4.74 Å². The molecule has 0 aliphatic carbocycles. The lowest BCUT2D eigenvalue weighted by Gasteiger charge is -2.56. The summed E-state index contributed by atoms with van der Waals surface area (Å²) >= 11 is 0. The number of hydrogen-bond acceptors (Lipinski definition) is 8. The van der Waals surface area contributed by atoms with E-state index >= 15 is 0 Å². The minimum atomic E-state index is -0.617. The summed E-state index contributed by atoms with van der Waals surface area (Å²) in [5.41, 5.74) is 10.5. The van der Waals surface area contributed by atoms with Crippen molar-refractivity contribution in [3.8, 4) is 34.9 Å². The van der Waals surface area contributed by atoms with Crippen LogP contribution in [0.1, 0.15) is 88.8 Å². The Labute approximate surface area is 278 Å². The largest absolute Gasteiger partial charge is 0.478 e. The lowest BCUT2D eigenvalue weighted by atomic mass is 9.87. The number of nitrogens with two attached hydrogens (primary N) is 1. The molecule has 3 fully saturated rings. The second-order valence-electron chi connectivity index (χ2n) is 13.6. The summed E-state index contributed by atoms with van der Waals surface area (Å²) < 4.78 is 7.62. The van der Waals surface area contributed by atoms with E-state index in [4.69, 9.17) is 15.5 Å².